The van der Waals surface area contributed by atoms with Gasteiger partial charge in [-0.15, -0.1) is 11.6 Å². The van der Waals surface area contributed by atoms with Crippen LogP contribution in [0.3, 0.4) is 0 Å². The van der Waals surface area contributed by atoms with E-state index >= 15 is 0 Å². The number of fused-ring (bicyclic) bond motifs is 1. The number of anilines is 1. The monoisotopic (exact) mass is 277 g/mol. The summed E-state index contributed by atoms with van der Waals surface area (Å²) in [6.45, 7) is 9.92. The van der Waals surface area contributed by atoms with E-state index in [2.05, 4.69) is 31.2 Å². The third kappa shape index (κ3) is 2.42. The SMILES string of the molecule is CC1=CC(C)(C)N(C(=O)C(C)Cl)c2cc(C)ccc21. The van der Waals surface area contributed by atoms with Gasteiger partial charge in [-0.05, 0) is 51.8 Å². The Morgan fingerprint density at radius 1 is 1.32 bits per heavy atom. The molecule has 1 aliphatic heterocycles. The van der Waals surface area contributed by atoms with Crippen molar-refractivity contribution in [2.45, 2.75) is 45.5 Å². The molecule has 1 heterocycles. The number of carbonyl (C=O) groups excluding carboxylic acids is 1. The van der Waals surface area contributed by atoms with E-state index in [9.17, 15) is 4.79 Å². The summed E-state index contributed by atoms with van der Waals surface area (Å²) in [6.07, 6.45) is 2.13. The Labute approximate surface area is 120 Å². The van der Waals surface area contributed by atoms with E-state index in [4.69, 9.17) is 11.6 Å². The Kier molecular flexibility index (Phi) is 3.48. The third-order valence-corrected chi connectivity index (χ3v) is 3.71. The van der Waals surface area contributed by atoms with Crippen molar-refractivity contribution in [3.8, 4) is 0 Å². The molecule has 19 heavy (non-hydrogen) atoms. The first-order valence-corrected chi connectivity index (χ1v) is 6.96. The summed E-state index contributed by atoms with van der Waals surface area (Å²) in [4.78, 5) is 14.3. The van der Waals surface area contributed by atoms with Crippen LogP contribution < -0.4 is 4.90 Å². The summed E-state index contributed by atoms with van der Waals surface area (Å²) in [5, 5.41) is -0.528. The summed E-state index contributed by atoms with van der Waals surface area (Å²) in [5.74, 6) is -0.0535. The average Bonchev–Trinajstić information content (AvgIpc) is 2.26. The van der Waals surface area contributed by atoms with Crippen LogP contribution >= 0.6 is 11.6 Å². The average molecular weight is 278 g/mol. The van der Waals surface area contributed by atoms with E-state index in [0.29, 0.717) is 0 Å². The number of carbonyl (C=O) groups is 1. The zero-order valence-corrected chi connectivity index (χ0v) is 12.9. The van der Waals surface area contributed by atoms with Gasteiger partial charge < -0.3 is 4.90 Å². The lowest BCUT2D eigenvalue weighted by atomic mass is 9.88. The first-order chi connectivity index (χ1) is 8.74. The van der Waals surface area contributed by atoms with E-state index in [-0.39, 0.29) is 11.4 Å². The van der Waals surface area contributed by atoms with Crippen molar-refractivity contribution in [2.24, 2.45) is 0 Å². The van der Waals surface area contributed by atoms with E-state index in [0.717, 1.165) is 16.8 Å². The molecule has 0 fully saturated rings. The van der Waals surface area contributed by atoms with Crippen molar-refractivity contribution in [1.29, 1.82) is 0 Å². The molecule has 1 aliphatic rings. The number of hydrogen-bond donors (Lipinski definition) is 0. The van der Waals surface area contributed by atoms with Crippen molar-refractivity contribution in [2.75, 3.05) is 4.90 Å². The van der Waals surface area contributed by atoms with Crippen LogP contribution in [0.5, 0.6) is 0 Å². The summed E-state index contributed by atoms with van der Waals surface area (Å²) in [5.41, 5.74) is 4.05. The van der Waals surface area contributed by atoms with Crippen LogP contribution in [0.2, 0.25) is 0 Å². The maximum absolute atomic E-state index is 12.5. The molecular formula is C16H20ClNO. The molecule has 3 heteroatoms. The van der Waals surface area contributed by atoms with Gasteiger partial charge in [-0.1, -0.05) is 18.2 Å². The van der Waals surface area contributed by atoms with Gasteiger partial charge in [-0.3, -0.25) is 4.79 Å². The van der Waals surface area contributed by atoms with Gasteiger partial charge in [0.25, 0.3) is 0 Å². The number of alkyl halides is 1. The molecule has 2 nitrogen and oxygen atoms in total. The Bertz CT molecular complexity index is 558. The highest BCUT2D eigenvalue weighted by Crippen LogP contribution is 2.39. The molecule has 1 unspecified atom stereocenters. The quantitative estimate of drug-likeness (QED) is 0.706. The first-order valence-electron chi connectivity index (χ1n) is 6.52. The van der Waals surface area contributed by atoms with Crippen molar-refractivity contribution in [3.63, 3.8) is 0 Å². The molecule has 0 N–H and O–H groups in total. The van der Waals surface area contributed by atoms with Crippen LogP contribution in [-0.2, 0) is 4.79 Å². The second-order valence-corrected chi connectivity index (χ2v) is 6.45. The molecular weight excluding hydrogens is 258 g/mol. The van der Waals surface area contributed by atoms with Crippen molar-refractivity contribution < 1.29 is 4.79 Å². The fraction of sp³-hybridized carbons (Fsp3) is 0.438. The number of hydrogen-bond acceptors (Lipinski definition) is 1. The number of nitrogens with zero attached hydrogens (tertiary/aromatic N) is 1. The van der Waals surface area contributed by atoms with Gasteiger partial charge in [0.1, 0.15) is 5.38 Å². The molecule has 0 radical (unpaired) electrons. The molecule has 1 aromatic rings. The van der Waals surface area contributed by atoms with Crippen LogP contribution in [0.15, 0.2) is 24.3 Å². The number of benzene rings is 1. The van der Waals surface area contributed by atoms with E-state index in [1.165, 1.54) is 5.57 Å². The second-order valence-electron chi connectivity index (χ2n) is 5.79. The van der Waals surface area contributed by atoms with Gasteiger partial charge in [0.05, 0.1) is 11.2 Å². The molecule has 1 aromatic carbocycles. The predicted octanol–water partition coefficient (Wildman–Crippen LogP) is 4.15. The maximum Gasteiger partial charge on any atom is 0.245 e. The number of aryl methyl sites for hydroxylation is 1. The molecule has 0 saturated heterocycles. The highest BCUT2D eigenvalue weighted by Gasteiger charge is 2.37. The maximum atomic E-state index is 12.5. The lowest BCUT2D eigenvalue weighted by Crippen LogP contribution is -2.51. The normalized spacial score (nSPS) is 18.6. The zero-order chi connectivity index (χ0) is 14.4. The predicted molar refractivity (Wildman–Crippen MR) is 81.7 cm³/mol. The zero-order valence-electron chi connectivity index (χ0n) is 12.1. The molecule has 102 valence electrons. The summed E-state index contributed by atoms with van der Waals surface area (Å²) in [6, 6.07) is 6.21. The standard InChI is InChI=1S/C16H20ClNO/c1-10-6-7-13-11(2)9-16(4,5)18(14(13)8-10)15(19)12(3)17/h6-9,12H,1-5H3. The van der Waals surface area contributed by atoms with Gasteiger partial charge in [0.2, 0.25) is 5.91 Å². The van der Waals surface area contributed by atoms with Gasteiger partial charge >= 0.3 is 0 Å². The number of amides is 1. The topological polar surface area (TPSA) is 20.3 Å². The second kappa shape index (κ2) is 4.68. The van der Waals surface area contributed by atoms with Gasteiger partial charge in [0, 0.05) is 5.56 Å². The lowest BCUT2D eigenvalue weighted by Gasteiger charge is -2.42. The highest BCUT2D eigenvalue weighted by molar-refractivity contribution is 6.33. The number of halogens is 1. The van der Waals surface area contributed by atoms with Gasteiger partial charge in [-0.2, -0.15) is 0 Å². The minimum atomic E-state index is -0.528. The summed E-state index contributed by atoms with van der Waals surface area (Å²) in [7, 11) is 0. The van der Waals surface area contributed by atoms with Gasteiger partial charge in [-0.25, -0.2) is 0 Å². The Morgan fingerprint density at radius 3 is 2.53 bits per heavy atom. The minimum Gasteiger partial charge on any atom is -0.301 e. The van der Waals surface area contributed by atoms with Crippen LogP contribution in [0.4, 0.5) is 5.69 Å². The Hall–Kier alpha value is -1.28. The van der Waals surface area contributed by atoms with Crippen molar-refractivity contribution >= 4 is 28.8 Å². The van der Waals surface area contributed by atoms with Crippen molar-refractivity contribution in [1.82, 2.24) is 0 Å². The molecule has 0 aromatic heterocycles. The van der Waals surface area contributed by atoms with Crippen LogP contribution in [0.25, 0.3) is 5.57 Å². The van der Waals surface area contributed by atoms with E-state index in [1.54, 1.807) is 6.92 Å². The highest BCUT2D eigenvalue weighted by atomic mass is 35.5. The first kappa shape index (κ1) is 14.1. The lowest BCUT2D eigenvalue weighted by molar-refractivity contribution is -0.118. The van der Waals surface area contributed by atoms with Crippen LogP contribution in [0.1, 0.15) is 38.8 Å². The molecule has 0 saturated carbocycles. The molecule has 2 rings (SSSR count). The molecule has 1 amide bonds. The van der Waals surface area contributed by atoms with Gasteiger partial charge in [0.15, 0.2) is 0 Å². The fourth-order valence-electron chi connectivity index (χ4n) is 2.72. The number of rotatable bonds is 1. The Balaban J connectivity index is 2.66. The Morgan fingerprint density at radius 2 is 1.95 bits per heavy atom. The van der Waals surface area contributed by atoms with E-state index in [1.807, 2.05) is 25.7 Å². The van der Waals surface area contributed by atoms with Crippen molar-refractivity contribution in [3.05, 3.63) is 35.4 Å². The number of allylic oxidation sites excluding steroid dienone is 1. The molecule has 0 aliphatic carbocycles. The smallest absolute Gasteiger partial charge is 0.245 e. The molecule has 1 atom stereocenters. The fourth-order valence-corrected chi connectivity index (χ4v) is 2.82. The van der Waals surface area contributed by atoms with Crippen LogP contribution in [-0.4, -0.2) is 16.8 Å². The molecule has 0 spiro atoms. The minimum absolute atomic E-state index is 0.0535. The largest absolute Gasteiger partial charge is 0.301 e. The summed E-state index contributed by atoms with van der Waals surface area (Å²) < 4.78 is 0. The molecule has 0 bridgehead atoms. The third-order valence-electron chi connectivity index (χ3n) is 3.53. The summed E-state index contributed by atoms with van der Waals surface area (Å²) >= 11 is 6.02. The van der Waals surface area contributed by atoms with E-state index < -0.39 is 5.38 Å². The van der Waals surface area contributed by atoms with Crippen LogP contribution in [0, 0.1) is 6.92 Å².